The minimum Gasteiger partial charge on any atom is -0.497 e. The largest absolute Gasteiger partial charge is 0.497 e. The van der Waals surface area contributed by atoms with Crippen molar-refractivity contribution in [2.45, 2.75) is 38.2 Å². The lowest BCUT2D eigenvalue weighted by atomic mass is 9.86. The normalized spacial score (nSPS) is 17.9. The van der Waals surface area contributed by atoms with E-state index in [2.05, 4.69) is 17.4 Å². The number of carbonyl (C=O) groups is 1. The average molecular weight is 409 g/mol. The molecule has 0 unspecified atom stereocenters. The van der Waals surface area contributed by atoms with Gasteiger partial charge < -0.3 is 14.4 Å². The second-order valence-corrected chi connectivity index (χ2v) is 7.66. The molecule has 0 atom stereocenters. The molecule has 158 valence electrons. The van der Waals surface area contributed by atoms with Crippen LogP contribution in [0, 0.1) is 0 Å². The lowest BCUT2D eigenvalue weighted by molar-refractivity contribution is -0.154. The van der Waals surface area contributed by atoms with Crippen LogP contribution in [0.15, 0.2) is 53.7 Å². The summed E-state index contributed by atoms with van der Waals surface area (Å²) in [6.45, 7) is 3.26. The van der Waals surface area contributed by atoms with Crippen molar-refractivity contribution in [3.8, 4) is 5.75 Å². The number of oxime groups is 1. The molecule has 2 aliphatic heterocycles. The second kappa shape index (κ2) is 8.75. The van der Waals surface area contributed by atoms with E-state index in [-0.39, 0.29) is 5.60 Å². The maximum absolute atomic E-state index is 12.3. The number of aryl methyl sites for hydroxylation is 1. The van der Waals surface area contributed by atoms with Gasteiger partial charge in [0.25, 0.3) is 0 Å². The summed E-state index contributed by atoms with van der Waals surface area (Å²) >= 11 is 0. The number of nitrogens with zero attached hydrogens (tertiary/aromatic N) is 2. The Balaban J connectivity index is 1.29. The van der Waals surface area contributed by atoms with Crippen molar-refractivity contribution in [2.24, 2.45) is 5.16 Å². The molecule has 2 heterocycles. The summed E-state index contributed by atoms with van der Waals surface area (Å²) in [6.07, 6.45) is 2.60. The molecule has 7 heteroatoms. The molecule has 2 aromatic rings. The molecule has 0 bridgehead atoms. The monoisotopic (exact) mass is 409 g/mol. The van der Waals surface area contributed by atoms with E-state index in [0.29, 0.717) is 13.1 Å². The van der Waals surface area contributed by atoms with Gasteiger partial charge in [0, 0.05) is 43.6 Å². The van der Waals surface area contributed by atoms with Crippen molar-refractivity contribution in [1.82, 2.24) is 5.06 Å². The van der Waals surface area contributed by atoms with Crippen LogP contribution in [0.4, 0.5) is 10.5 Å². The van der Waals surface area contributed by atoms with E-state index in [1.807, 2.05) is 48.5 Å². The summed E-state index contributed by atoms with van der Waals surface area (Å²) in [4.78, 5) is 23.7. The fourth-order valence-electron chi connectivity index (χ4n) is 3.93. The molecule has 1 spiro atoms. The number of hydrogen-bond acceptors (Lipinski definition) is 6. The van der Waals surface area contributed by atoms with Crippen molar-refractivity contribution < 1.29 is 19.2 Å². The van der Waals surface area contributed by atoms with Gasteiger partial charge >= 0.3 is 6.09 Å². The number of rotatable bonds is 5. The summed E-state index contributed by atoms with van der Waals surface area (Å²) in [5, 5.41) is 8.88. The first kappa shape index (κ1) is 20.2. The summed E-state index contributed by atoms with van der Waals surface area (Å²) in [5.41, 5.74) is 3.47. The Kier molecular flexibility index (Phi) is 5.90. The molecular formula is C23H27N3O4. The number of piperidine rings is 1. The molecule has 1 amide bonds. The quantitative estimate of drug-likeness (QED) is 0.793. The van der Waals surface area contributed by atoms with Crippen LogP contribution in [0.5, 0.6) is 5.75 Å². The SMILES string of the molecule is CCc1ccccc1NC(=O)ON1CCC2(CC1)CC(c1cccc(OC)c1)=NO2. The molecule has 0 aliphatic carbocycles. The highest BCUT2D eigenvalue weighted by atomic mass is 16.7. The Morgan fingerprint density at radius 3 is 2.77 bits per heavy atom. The molecular weight excluding hydrogens is 382 g/mol. The minimum atomic E-state index is -0.465. The third-order valence-electron chi connectivity index (χ3n) is 5.72. The highest BCUT2D eigenvalue weighted by molar-refractivity contribution is 6.02. The summed E-state index contributed by atoms with van der Waals surface area (Å²) in [5.74, 6) is 0.801. The number of anilines is 1. The van der Waals surface area contributed by atoms with E-state index in [1.54, 1.807) is 12.2 Å². The van der Waals surface area contributed by atoms with Gasteiger partial charge in [0.2, 0.25) is 0 Å². The molecule has 2 aromatic carbocycles. The Hall–Kier alpha value is -3.06. The fourth-order valence-corrected chi connectivity index (χ4v) is 3.93. The Morgan fingerprint density at radius 1 is 1.20 bits per heavy atom. The smallest absolute Gasteiger partial charge is 0.430 e. The van der Waals surface area contributed by atoms with E-state index in [9.17, 15) is 4.79 Å². The molecule has 0 radical (unpaired) electrons. The van der Waals surface area contributed by atoms with Crippen LogP contribution in [0.3, 0.4) is 0 Å². The summed E-state index contributed by atoms with van der Waals surface area (Å²) in [6, 6.07) is 15.6. The molecule has 0 saturated carbocycles. The standard InChI is InChI=1S/C23H27N3O4/c1-3-17-7-4-5-10-20(17)24-22(27)29-26-13-11-23(12-14-26)16-21(25-30-23)18-8-6-9-19(15-18)28-2/h4-10,15H,3,11-14,16H2,1-2H3,(H,24,27). The van der Waals surface area contributed by atoms with Gasteiger partial charge in [-0.1, -0.05) is 42.4 Å². The zero-order valence-corrected chi connectivity index (χ0v) is 17.4. The van der Waals surface area contributed by atoms with Gasteiger partial charge in [0.05, 0.1) is 12.8 Å². The van der Waals surface area contributed by atoms with Gasteiger partial charge in [0.15, 0.2) is 0 Å². The highest BCUT2D eigenvalue weighted by Gasteiger charge is 2.43. The van der Waals surface area contributed by atoms with Gasteiger partial charge in [-0.05, 0) is 30.2 Å². The van der Waals surface area contributed by atoms with Crippen molar-refractivity contribution in [3.63, 3.8) is 0 Å². The van der Waals surface area contributed by atoms with E-state index in [0.717, 1.165) is 54.0 Å². The molecule has 2 aliphatic rings. The number of para-hydroxylation sites is 1. The van der Waals surface area contributed by atoms with Crippen molar-refractivity contribution in [2.75, 3.05) is 25.5 Å². The number of nitrogens with one attached hydrogen (secondary N) is 1. The number of hydrogen-bond donors (Lipinski definition) is 1. The van der Waals surface area contributed by atoms with Crippen LogP contribution >= 0.6 is 0 Å². The van der Waals surface area contributed by atoms with Gasteiger partial charge in [-0.15, -0.1) is 5.06 Å². The molecule has 1 N–H and O–H groups in total. The van der Waals surface area contributed by atoms with Crippen molar-refractivity contribution >= 4 is 17.5 Å². The van der Waals surface area contributed by atoms with Crippen LogP contribution in [0.2, 0.25) is 0 Å². The predicted octanol–water partition coefficient (Wildman–Crippen LogP) is 4.38. The first-order valence-electron chi connectivity index (χ1n) is 10.3. The van der Waals surface area contributed by atoms with Crippen LogP contribution in [0.1, 0.15) is 37.3 Å². The topological polar surface area (TPSA) is 72.4 Å². The van der Waals surface area contributed by atoms with Gasteiger partial charge in [0.1, 0.15) is 11.4 Å². The lowest BCUT2D eigenvalue weighted by Crippen LogP contribution is -2.45. The number of benzene rings is 2. The van der Waals surface area contributed by atoms with E-state index in [1.165, 1.54) is 0 Å². The second-order valence-electron chi connectivity index (χ2n) is 7.66. The highest BCUT2D eigenvalue weighted by Crippen LogP contribution is 2.36. The fraction of sp³-hybridized carbons (Fsp3) is 0.391. The Bertz CT molecular complexity index is 936. The lowest BCUT2D eigenvalue weighted by Gasteiger charge is -2.35. The van der Waals surface area contributed by atoms with Crippen LogP contribution in [-0.2, 0) is 16.1 Å². The minimum absolute atomic E-state index is 0.330. The first-order chi connectivity index (χ1) is 14.6. The molecule has 0 aromatic heterocycles. The molecule has 7 nitrogen and oxygen atoms in total. The molecule has 30 heavy (non-hydrogen) atoms. The van der Waals surface area contributed by atoms with Crippen LogP contribution in [-0.4, -0.2) is 42.7 Å². The zero-order chi connectivity index (χ0) is 21.0. The zero-order valence-electron chi connectivity index (χ0n) is 17.4. The van der Waals surface area contributed by atoms with E-state index >= 15 is 0 Å². The molecule has 1 fully saturated rings. The summed E-state index contributed by atoms with van der Waals surface area (Å²) in [7, 11) is 1.65. The number of ether oxygens (including phenoxy) is 1. The number of methoxy groups -OCH3 is 1. The summed E-state index contributed by atoms with van der Waals surface area (Å²) < 4.78 is 5.30. The van der Waals surface area contributed by atoms with Crippen LogP contribution < -0.4 is 10.1 Å². The van der Waals surface area contributed by atoms with Crippen molar-refractivity contribution in [3.05, 3.63) is 59.7 Å². The molecule has 1 saturated heterocycles. The number of amides is 1. The third-order valence-corrected chi connectivity index (χ3v) is 5.72. The number of hydroxylamine groups is 2. The average Bonchev–Trinajstić information content (AvgIpc) is 3.19. The maximum atomic E-state index is 12.3. The van der Waals surface area contributed by atoms with E-state index < -0.39 is 6.09 Å². The predicted molar refractivity (Wildman–Crippen MR) is 115 cm³/mol. The van der Waals surface area contributed by atoms with Gasteiger partial charge in [-0.2, -0.15) is 0 Å². The van der Waals surface area contributed by atoms with Gasteiger partial charge in [-0.3, -0.25) is 5.32 Å². The number of carbonyl (C=O) groups excluding carboxylic acids is 1. The van der Waals surface area contributed by atoms with Crippen LogP contribution in [0.25, 0.3) is 0 Å². The van der Waals surface area contributed by atoms with Crippen molar-refractivity contribution in [1.29, 1.82) is 0 Å². The first-order valence-corrected chi connectivity index (χ1v) is 10.3. The third kappa shape index (κ3) is 4.41. The Labute approximate surface area is 176 Å². The maximum Gasteiger partial charge on any atom is 0.430 e. The van der Waals surface area contributed by atoms with Gasteiger partial charge in [-0.25, -0.2) is 4.79 Å². The van der Waals surface area contributed by atoms with E-state index in [4.69, 9.17) is 14.4 Å². The molecule has 4 rings (SSSR count). The Morgan fingerprint density at radius 2 is 2.00 bits per heavy atom.